The Bertz CT molecular complexity index is 1340. The molecule has 0 saturated carbocycles. The summed E-state index contributed by atoms with van der Waals surface area (Å²) >= 11 is 0. The number of carbonyl (C=O) groups excluding carboxylic acids is 3. The van der Waals surface area contributed by atoms with Crippen molar-refractivity contribution in [2.45, 2.75) is 26.3 Å². The lowest BCUT2D eigenvalue weighted by Gasteiger charge is -2.26. The van der Waals surface area contributed by atoms with Crippen molar-refractivity contribution >= 4 is 29.1 Å². The van der Waals surface area contributed by atoms with Crippen LogP contribution in [-0.2, 0) is 25.5 Å². The van der Waals surface area contributed by atoms with Gasteiger partial charge in [-0.05, 0) is 49.2 Å². The van der Waals surface area contributed by atoms with Gasteiger partial charge in [0.1, 0.15) is 11.5 Å². The molecule has 1 aliphatic rings. The first-order valence-electron chi connectivity index (χ1n) is 11.6. The normalized spacial score (nSPS) is 16.8. The van der Waals surface area contributed by atoms with E-state index in [1.165, 1.54) is 12.0 Å². The van der Waals surface area contributed by atoms with Crippen molar-refractivity contribution in [1.29, 1.82) is 0 Å². The van der Waals surface area contributed by atoms with Crippen LogP contribution in [-0.4, -0.2) is 36.5 Å². The van der Waals surface area contributed by atoms with Gasteiger partial charge in [0, 0.05) is 11.3 Å². The molecule has 0 spiro atoms. The molecule has 0 aliphatic carbocycles. The number of amides is 1. The van der Waals surface area contributed by atoms with E-state index in [0.717, 1.165) is 5.56 Å². The van der Waals surface area contributed by atoms with Crippen LogP contribution < -0.4 is 9.64 Å². The van der Waals surface area contributed by atoms with E-state index >= 15 is 0 Å². The second-order valence-corrected chi connectivity index (χ2v) is 8.46. The van der Waals surface area contributed by atoms with E-state index in [0.29, 0.717) is 34.7 Å². The Labute approximate surface area is 209 Å². The highest BCUT2D eigenvalue weighted by molar-refractivity contribution is 6.51. The molecule has 7 nitrogen and oxygen atoms in total. The maximum Gasteiger partial charge on any atom is 0.309 e. The molecule has 1 aliphatic heterocycles. The van der Waals surface area contributed by atoms with Crippen LogP contribution in [0, 0.1) is 6.92 Å². The summed E-state index contributed by atoms with van der Waals surface area (Å²) in [7, 11) is 1.32. The lowest BCUT2D eigenvalue weighted by atomic mass is 9.94. The second-order valence-electron chi connectivity index (χ2n) is 8.46. The number of hydrogen-bond acceptors (Lipinski definition) is 6. The summed E-state index contributed by atoms with van der Waals surface area (Å²) in [6.07, 6.45) is 0.0904. The molecule has 1 fully saturated rings. The van der Waals surface area contributed by atoms with Crippen LogP contribution >= 0.6 is 0 Å². The van der Waals surface area contributed by atoms with E-state index in [9.17, 15) is 19.5 Å². The zero-order chi connectivity index (χ0) is 25.8. The molecule has 4 rings (SSSR count). The molecular formula is C29H27NO6. The third-order valence-corrected chi connectivity index (χ3v) is 6.01. The van der Waals surface area contributed by atoms with Gasteiger partial charge in [-0.2, -0.15) is 0 Å². The van der Waals surface area contributed by atoms with Crippen LogP contribution in [0.1, 0.15) is 35.2 Å². The van der Waals surface area contributed by atoms with Crippen molar-refractivity contribution in [1.82, 2.24) is 0 Å². The molecule has 184 valence electrons. The van der Waals surface area contributed by atoms with E-state index < -0.39 is 17.7 Å². The number of hydrogen-bond donors (Lipinski definition) is 1. The number of ether oxygens (including phenoxy) is 2. The van der Waals surface area contributed by atoms with Gasteiger partial charge in [0.05, 0.1) is 31.8 Å². The van der Waals surface area contributed by atoms with Gasteiger partial charge in [0.15, 0.2) is 0 Å². The number of aryl methyl sites for hydroxylation is 1. The largest absolute Gasteiger partial charge is 0.507 e. The number of esters is 1. The molecule has 36 heavy (non-hydrogen) atoms. The van der Waals surface area contributed by atoms with Crippen molar-refractivity contribution < 1.29 is 29.0 Å². The topological polar surface area (TPSA) is 93.1 Å². The molecular weight excluding hydrogens is 458 g/mol. The lowest BCUT2D eigenvalue weighted by molar-refractivity contribution is -0.139. The first-order chi connectivity index (χ1) is 17.3. The number of aliphatic hydroxyl groups excluding tert-OH is 1. The Kier molecular flexibility index (Phi) is 7.20. The third-order valence-electron chi connectivity index (χ3n) is 6.01. The number of nitrogens with zero attached hydrogens (tertiary/aromatic N) is 1. The first-order valence-corrected chi connectivity index (χ1v) is 11.6. The maximum absolute atomic E-state index is 13.3. The fourth-order valence-corrected chi connectivity index (χ4v) is 4.32. The summed E-state index contributed by atoms with van der Waals surface area (Å²) in [5, 5.41) is 11.3. The molecule has 1 atom stereocenters. The molecule has 3 aromatic carbocycles. The highest BCUT2D eigenvalue weighted by Crippen LogP contribution is 2.42. The SMILES string of the molecule is CCOc1cccc(/C(O)=C2/C(=O)C(=O)N(c3ccc(CC(=O)OC)cc3)C2c2cccc(C)c2)c1. The third kappa shape index (κ3) is 4.86. The zero-order valence-corrected chi connectivity index (χ0v) is 20.4. The average Bonchev–Trinajstić information content (AvgIpc) is 3.14. The zero-order valence-electron chi connectivity index (χ0n) is 20.4. The van der Waals surface area contributed by atoms with Crippen molar-refractivity contribution in [3.8, 4) is 5.75 Å². The van der Waals surface area contributed by atoms with E-state index in [1.54, 1.807) is 48.5 Å². The molecule has 3 aromatic rings. The highest BCUT2D eigenvalue weighted by Gasteiger charge is 2.47. The number of carbonyl (C=O) groups is 3. The van der Waals surface area contributed by atoms with Crippen molar-refractivity contribution in [3.05, 3.63) is 101 Å². The quantitative estimate of drug-likeness (QED) is 0.225. The number of anilines is 1. The Morgan fingerprint density at radius 3 is 2.39 bits per heavy atom. The molecule has 0 bridgehead atoms. The summed E-state index contributed by atoms with van der Waals surface area (Å²) in [5.41, 5.74) is 3.20. The minimum Gasteiger partial charge on any atom is -0.507 e. The van der Waals surface area contributed by atoms with Crippen LogP contribution in [0.2, 0.25) is 0 Å². The van der Waals surface area contributed by atoms with Gasteiger partial charge in [-0.25, -0.2) is 0 Å². The van der Waals surface area contributed by atoms with Crippen molar-refractivity contribution in [2.75, 3.05) is 18.6 Å². The fraction of sp³-hybridized carbons (Fsp3) is 0.207. The predicted molar refractivity (Wildman–Crippen MR) is 136 cm³/mol. The summed E-state index contributed by atoms with van der Waals surface area (Å²) < 4.78 is 10.3. The van der Waals surface area contributed by atoms with Gasteiger partial charge in [-0.3, -0.25) is 19.3 Å². The van der Waals surface area contributed by atoms with Crippen LogP contribution in [0.3, 0.4) is 0 Å². The molecule has 0 aromatic heterocycles. The minimum absolute atomic E-state index is 0.00196. The first kappa shape index (κ1) is 24.7. The van der Waals surface area contributed by atoms with Gasteiger partial charge < -0.3 is 14.6 Å². The van der Waals surface area contributed by atoms with E-state index in [1.807, 2.05) is 38.1 Å². The van der Waals surface area contributed by atoms with Gasteiger partial charge >= 0.3 is 5.97 Å². The van der Waals surface area contributed by atoms with Gasteiger partial charge in [0.2, 0.25) is 0 Å². The lowest BCUT2D eigenvalue weighted by Crippen LogP contribution is -2.29. The highest BCUT2D eigenvalue weighted by atomic mass is 16.5. The number of ketones is 1. The number of methoxy groups -OCH3 is 1. The molecule has 7 heteroatoms. The molecule has 0 radical (unpaired) electrons. The molecule has 1 amide bonds. The monoisotopic (exact) mass is 485 g/mol. The summed E-state index contributed by atoms with van der Waals surface area (Å²) in [6.45, 7) is 4.22. The number of benzene rings is 3. The number of rotatable bonds is 7. The van der Waals surface area contributed by atoms with Crippen LogP contribution in [0.25, 0.3) is 5.76 Å². The van der Waals surface area contributed by atoms with Gasteiger partial charge in [0.25, 0.3) is 11.7 Å². The smallest absolute Gasteiger partial charge is 0.309 e. The van der Waals surface area contributed by atoms with E-state index in [2.05, 4.69) is 0 Å². The van der Waals surface area contributed by atoms with Crippen LogP contribution in [0.4, 0.5) is 5.69 Å². The Morgan fingerprint density at radius 1 is 1.00 bits per heavy atom. The molecule has 1 unspecified atom stereocenters. The number of Topliss-reactive ketones (excluding diaryl/α,β-unsaturated/α-hetero) is 1. The van der Waals surface area contributed by atoms with E-state index in [-0.39, 0.29) is 23.7 Å². The van der Waals surface area contributed by atoms with E-state index in [4.69, 9.17) is 9.47 Å². The average molecular weight is 486 g/mol. The van der Waals surface area contributed by atoms with Crippen LogP contribution in [0.15, 0.2) is 78.4 Å². The summed E-state index contributed by atoms with van der Waals surface area (Å²) in [6, 6.07) is 20.2. The minimum atomic E-state index is -0.841. The maximum atomic E-state index is 13.3. The Morgan fingerprint density at radius 2 is 1.72 bits per heavy atom. The standard InChI is InChI=1S/C29H27NO6/c1-4-36-23-10-6-9-21(17-23)27(32)25-26(20-8-5-7-18(2)15-20)30(29(34)28(25)33)22-13-11-19(12-14-22)16-24(31)35-3/h5-15,17,26,32H,4,16H2,1-3H3/b27-25-. The molecule has 1 N–H and O–H groups in total. The molecule has 1 saturated heterocycles. The van der Waals surface area contributed by atoms with Crippen molar-refractivity contribution in [2.24, 2.45) is 0 Å². The van der Waals surface area contributed by atoms with Gasteiger partial charge in [-0.1, -0.05) is 54.1 Å². The second kappa shape index (κ2) is 10.5. The predicted octanol–water partition coefficient (Wildman–Crippen LogP) is 4.74. The van der Waals surface area contributed by atoms with Crippen molar-refractivity contribution in [3.63, 3.8) is 0 Å². The summed E-state index contributed by atoms with van der Waals surface area (Å²) in [5.74, 6) is -1.63. The number of aliphatic hydroxyl groups is 1. The Hall–Kier alpha value is -4.39. The molecule has 1 heterocycles. The van der Waals surface area contributed by atoms with Gasteiger partial charge in [-0.15, -0.1) is 0 Å². The van der Waals surface area contributed by atoms with Crippen LogP contribution in [0.5, 0.6) is 5.75 Å². The fourth-order valence-electron chi connectivity index (χ4n) is 4.32. The Balaban J connectivity index is 1.84. The summed E-state index contributed by atoms with van der Waals surface area (Å²) in [4.78, 5) is 39.7.